The van der Waals surface area contributed by atoms with Crippen LogP contribution in [0.5, 0.6) is 5.75 Å². The number of nitrogens with one attached hydrogen (secondary N) is 1. The molecule has 0 aromatic heterocycles. The molecule has 0 saturated heterocycles. The summed E-state index contributed by atoms with van der Waals surface area (Å²) >= 11 is 0. The Balaban J connectivity index is 1.78. The molecular formula is C16H16FNO2. The standard InChI is InChI=1S/C16H16FNO2/c17-15-4-2-1-3-13(15)11-16(20)18-10-9-12-5-7-14(19)8-6-12/h1-8,19H,9-11H2,(H,18,20). The van der Waals surface area contributed by atoms with Crippen molar-refractivity contribution in [1.82, 2.24) is 5.32 Å². The number of hydrogen-bond donors (Lipinski definition) is 2. The van der Waals surface area contributed by atoms with Gasteiger partial charge in [0.25, 0.3) is 0 Å². The third-order valence-electron chi connectivity index (χ3n) is 2.98. The summed E-state index contributed by atoms with van der Waals surface area (Å²) in [5.74, 6) is -0.340. The Hall–Kier alpha value is -2.36. The normalized spacial score (nSPS) is 10.2. The van der Waals surface area contributed by atoms with Crippen LogP contribution in [0.1, 0.15) is 11.1 Å². The van der Waals surface area contributed by atoms with Crippen molar-refractivity contribution in [3.63, 3.8) is 0 Å². The largest absolute Gasteiger partial charge is 0.508 e. The topological polar surface area (TPSA) is 49.3 Å². The number of carbonyl (C=O) groups excluding carboxylic acids is 1. The zero-order valence-electron chi connectivity index (χ0n) is 11.0. The average molecular weight is 273 g/mol. The van der Waals surface area contributed by atoms with Gasteiger partial charge in [-0.2, -0.15) is 0 Å². The molecule has 0 aliphatic rings. The fraction of sp³-hybridized carbons (Fsp3) is 0.188. The van der Waals surface area contributed by atoms with E-state index in [2.05, 4.69) is 5.32 Å². The van der Waals surface area contributed by atoms with Gasteiger partial charge >= 0.3 is 0 Å². The highest BCUT2D eigenvalue weighted by atomic mass is 19.1. The van der Waals surface area contributed by atoms with Gasteiger partial charge in [0.1, 0.15) is 11.6 Å². The van der Waals surface area contributed by atoms with E-state index in [0.717, 1.165) is 5.56 Å². The van der Waals surface area contributed by atoms with Crippen molar-refractivity contribution >= 4 is 5.91 Å². The van der Waals surface area contributed by atoms with Crippen molar-refractivity contribution in [3.05, 3.63) is 65.5 Å². The molecule has 1 amide bonds. The first-order valence-electron chi connectivity index (χ1n) is 6.43. The van der Waals surface area contributed by atoms with Crippen LogP contribution in [0.2, 0.25) is 0 Å². The van der Waals surface area contributed by atoms with Crippen molar-refractivity contribution in [3.8, 4) is 5.75 Å². The minimum absolute atomic E-state index is 0.0439. The summed E-state index contributed by atoms with van der Waals surface area (Å²) in [6.45, 7) is 0.484. The molecule has 0 radical (unpaired) electrons. The highest BCUT2D eigenvalue weighted by Gasteiger charge is 2.06. The average Bonchev–Trinajstić information content (AvgIpc) is 2.44. The molecule has 2 N–H and O–H groups in total. The lowest BCUT2D eigenvalue weighted by molar-refractivity contribution is -0.120. The summed E-state index contributed by atoms with van der Waals surface area (Å²) in [6, 6.07) is 13.1. The third-order valence-corrected chi connectivity index (χ3v) is 2.98. The molecule has 0 aliphatic heterocycles. The quantitative estimate of drug-likeness (QED) is 0.879. The van der Waals surface area contributed by atoms with Crippen molar-refractivity contribution in [2.75, 3.05) is 6.54 Å². The highest BCUT2D eigenvalue weighted by molar-refractivity contribution is 5.78. The first-order chi connectivity index (χ1) is 9.65. The first kappa shape index (κ1) is 14.1. The van der Waals surface area contributed by atoms with E-state index in [4.69, 9.17) is 5.11 Å². The fourth-order valence-corrected chi connectivity index (χ4v) is 1.89. The lowest BCUT2D eigenvalue weighted by atomic mass is 10.1. The van der Waals surface area contributed by atoms with E-state index in [1.54, 1.807) is 42.5 Å². The van der Waals surface area contributed by atoms with Crippen molar-refractivity contribution in [1.29, 1.82) is 0 Å². The van der Waals surface area contributed by atoms with Gasteiger partial charge in [0, 0.05) is 6.54 Å². The molecule has 2 aromatic rings. The van der Waals surface area contributed by atoms with Crippen LogP contribution in [0, 0.1) is 5.82 Å². The van der Waals surface area contributed by atoms with Crippen LogP contribution in [0.25, 0.3) is 0 Å². The van der Waals surface area contributed by atoms with Crippen LogP contribution < -0.4 is 5.32 Å². The maximum Gasteiger partial charge on any atom is 0.224 e. The Bertz CT molecular complexity index is 581. The number of rotatable bonds is 5. The van der Waals surface area contributed by atoms with Crippen LogP contribution >= 0.6 is 0 Å². The Morgan fingerprint density at radius 2 is 1.80 bits per heavy atom. The van der Waals surface area contributed by atoms with Crippen molar-refractivity contribution < 1.29 is 14.3 Å². The Morgan fingerprint density at radius 1 is 1.10 bits per heavy atom. The van der Waals surface area contributed by atoms with E-state index in [1.165, 1.54) is 6.07 Å². The third kappa shape index (κ3) is 4.09. The number of phenolic OH excluding ortho intramolecular Hbond substituents is 1. The maximum absolute atomic E-state index is 13.4. The molecule has 4 heteroatoms. The van der Waals surface area contributed by atoms with E-state index in [9.17, 15) is 9.18 Å². The zero-order chi connectivity index (χ0) is 14.4. The number of hydrogen-bond acceptors (Lipinski definition) is 2. The molecule has 104 valence electrons. The molecule has 0 heterocycles. The number of amides is 1. The second kappa shape index (κ2) is 6.70. The van der Waals surface area contributed by atoms with Crippen LogP contribution in [-0.2, 0) is 17.6 Å². The van der Waals surface area contributed by atoms with Crippen molar-refractivity contribution in [2.45, 2.75) is 12.8 Å². The van der Waals surface area contributed by atoms with Gasteiger partial charge < -0.3 is 10.4 Å². The molecule has 0 bridgehead atoms. The van der Waals surface area contributed by atoms with Crippen LogP contribution in [-0.4, -0.2) is 17.6 Å². The van der Waals surface area contributed by atoms with E-state index < -0.39 is 0 Å². The van der Waals surface area contributed by atoms with E-state index in [1.807, 2.05) is 0 Å². The molecule has 0 saturated carbocycles. The maximum atomic E-state index is 13.4. The Morgan fingerprint density at radius 3 is 2.50 bits per heavy atom. The van der Waals surface area contributed by atoms with Gasteiger partial charge in [0.05, 0.1) is 6.42 Å². The number of carbonyl (C=O) groups is 1. The fourth-order valence-electron chi connectivity index (χ4n) is 1.89. The number of benzene rings is 2. The number of aromatic hydroxyl groups is 1. The molecular weight excluding hydrogens is 257 g/mol. The lowest BCUT2D eigenvalue weighted by Gasteiger charge is -2.06. The van der Waals surface area contributed by atoms with Gasteiger partial charge in [-0.1, -0.05) is 30.3 Å². The van der Waals surface area contributed by atoms with Crippen LogP contribution in [0.4, 0.5) is 4.39 Å². The van der Waals surface area contributed by atoms with Gasteiger partial charge in [0.15, 0.2) is 0 Å². The van der Waals surface area contributed by atoms with Crippen LogP contribution in [0.3, 0.4) is 0 Å². The van der Waals surface area contributed by atoms with Gasteiger partial charge in [-0.25, -0.2) is 4.39 Å². The molecule has 0 unspecified atom stereocenters. The molecule has 2 aromatic carbocycles. The summed E-state index contributed by atoms with van der Waals surface area (Å²) in [6.07, 6.45) is 0.714. The molecule has 0 atom stereocenters. The molecule has 2 rings (SSSR count). The monoisotopic (exact) mass is 273 g/mol. The van der Waals surface area contributed by atoms with Crippen molar-refractivity contribution in [2.24, 2.45) is 0 Å². The lowest BCUT2D eigenvalue weighted by Crippen LogP contribution is -2.27. The van der Waals surface area contributed by atoms with E-state index in [-0.39, 0.29) is 23.9 Å². The molecule has 20 heavy (non-hydrogen) atoms. The first-order valence-corrected chi connectivity index (χ1v) is 6.43. The molecule has 0 fully saturated rings. The number of halogens is 1. The van der Waals surface area contributed by atoms with E-state index in [0.29, 0.717) is 18.5 Å². The summed E-state index contributed by atoms with van der Waals surface area (Å²) in [7, 11) is 0. The molecule has 3 nitrogen and oxygen atoms in total. The van der Waals surface area contributed by atoms with Gasteiger partial charge in [-0.3, -0.25) is 4.79 Å². The minimum atomic E-state index is -0.360. The summed E-state index contributed by atoms with van der Waals surface area (Å²) < 4.78 is 13.4. The van der Waals surface area contributed by atoms with Crippen LogP contribution in [0.15, 0.2) is 48.5 Å². The molecule has 0 spiro atoms. The Labute approximate surface area is 117 Å². The molecule has 0 aliphatic carbocycles. The van der Waals surface area contributed by atoms with E-state index >= 15 is 0 Å². The number of phenols is 1. The highest BCUT2D eigenvalue weighted by Crippen LogP contribution is 2.10. The SMILES string of the molecule is O=C(Cc1ccccc1F)NCCc1ccc(O)cc1. The smallest absolute Gasteiger partial charge is 0.224 e. The Kier molecular flexibility index (Phi) is 4.71. The summed E-state index contributed by atoms with van der Waals surface area (Å²) in [5.41, 5.74) is 1.42. The van der Waals surface area contributed by atoms with Gasteiger partial charge in [-0.15, -0.1) is 0 Å². The second-order valence-corrected chi connectivity index (χ2v) is 4.53. The minimum Gasteiger partial charge on any atom is -0.508 e. The predicted octanol–water partition coefficient (Wildman–Crippen LogP) is 2.43. The summed E-state index contributed by atoms with van der Waals surface area (Å²) in [5, 5.41) is 11.9. The van der Waals surface area contributed by atoms with Gasteiger partial charge in [0.2, 0.25) is 5.91 Å². The van der Waals surface area contributed by atoms with Gasteiger partial charge in [-0.05, 0) is 35.7 Å². The zero-order valence-corrected chi connectivity index (χ0v) is 11.0. The summed E-state index contributed by atoms with van der Waals surface area (Å²) in [4.78, 5) is 11.7. The predicted molar refractivity (Wildman–Crippen MR) is 74.9 cm³/mol. The second-order valence-electron chi connectivity index (χ2n) is 4.53.